The number of rotatable bonds is 2. The number of aliphatic hydroxyl groups excluding tert-OH is 2. The highest BCUT2D eigenvalue weighted by atomic mass is 16.5. The highest BCUT2D eigenvalue weighted by Gasteiger charge is 2.19. The van der Waals surface area contributed by atoms with Crippen molar-refractivity contribution in [2.75, 3.05) is 13.2 Å². The summed E-state index contributed by atoms with van der Waals surface area (Å²) in [5.74, 6) is -0.833. The SMILES string of the molecule is CC(=O)O.CC(C)(C)OC(C)(C)C.OCCCO. The predicted molar refractivity (Wildman–Crippen MR) is 72.7 cm³/mol. The highest BCUT2D eigenvalue weighted by molar-refractivity contribution is 5.62. The lowest BCUT2D eigenvalue weighted by Gasteiger charge is -2.30. The Labute approximate surface area is 111 Å². The van der Waals surface area contributed by atoms with Gasteiger partial charge in [0.15, 0.2) is 0 Å². The maximum atomic E-state index is 9.00. The summed E-state index contributed by atoms with van der Waals surface area (Å²) in [6, 6.07) is 0. The molecule has 0 atom stereocenters. The normalized spacial score (nSPS) is 10.7. The van der Waals surface area contributed by atoms with Crippen molar-refractivity contribution >= 4 is 5.97 Å². The van der Waals surface area contributed by atoms with Crippen molar-refractivity contribution in [3.63, 3.8) is 0 Å². The van der Waals surface area contributed by atoms with E-state index < -0.39 is 5.97 Å². The minimum Gasteiger partial charge on any atom is -0.481 e. The first-order chi connectivity index (χ1) is 7.85. The van der Waals surface area contributed by atoms with Gasteiger partial charge < -0.3 is 20.1 Å². The molecular formula is C13H30O5. The van der Waals surface area contributed by atoms with E-state index >= 15 is 0 Å². The smallest absolute Gasteiger partial charge is 0.300 e. The van der Waals surface area contributed by atoms with Gasteiger partial charge in [-0.25, -0.2) is 0 Å². The second-order valence-electron chi connectivity index (χ2n) is 5.65. The lowest BCUT2D eigenvalue weighted by atomic mass is 10.1. The molecule has 0 fully saturated rings. The fraction of sp³-hybridized carbons (Fsp3) is 0.923. The molecule has 5 nitrogen and oxygen atoms in total. The number of ether oxygens (including phenoxy) is 1. The summed E-state index contributed by atoms with van der Waals surface area (Å²) >= 11 is 0. The van der Waals surface area contributed by atoms with E-state index in [2.05, 4.69) is 41.5 Å². The molecule has 3 N–H and O–H groups in total. The van der Waals surface area contributed by atoms with Gasteiger partial charge in [-0.3, -0.25) is 4.79 Å². The van der Waals surface area contributed by atoms with E-state index in [1.54, 1.807) is 0 Å². The second kappa shape index (κ2) is 11.4. The molecule has 18 heavy (non-hydrogen) atoms. The molecule has 0 spiro atoms. The number of aliphatic carboxylic acids is 1. The number of hydrogen-bond acceptors (Lipinski definition) is 4. The van der Waals surface area contributed by atoms with Crippen LogP contribution in [0.1, 0.15) is 54.9 Å². The van der Waals surface area contributed by atoms with Gasteiger partial charge in [0.05, 0.1) is 11.2 Å². The van der Waals surface area contributed by atoms with Crippen LogP contribution in [0.2, 0.25) is 0 Å². The Hall–Kier alpha value is -0.650. The van der Waals surface area contributed by atoms with E-state index in [4.69, 9.17) is 24.9 Å². The van der Waals surface area contributed by atoms with Gasteiger partial charge in [0.1, 0.15) is 0 Å². The van der Waals surface area contributed by atoms with Crippen LogP contribution in [-0.2, 0) is 9.53 Å². The standard InChI is InChI=1S/C8H18O.C3H8O2.C2H4O2/c1-7(2,3)9-8(4,5)6;4-2-1-3-5;1-2(3)4/h1-6H3;4-5H,1-3H2;1H3,(H,3,4). The van der Waals surface area contributed by atoms with Gasteiger partial charge in [0.2, 0.25) is 0 Å². The summed E-state index contributed by atoms with van der Waals surface area (Å²) in [5.41, 5.74) is -0.0312. The van der Waals surface area contributed by atoms with Crippen LogP contribution < -0.4 is 0 Å². The Balaban J connectivity index is -0.000000212. The van der Waals surface area contributed by atoms with Gasteiger partial charge in [-0.2, -0.15) is 0 Å². The van der Waals surface area contributed by atoms with E-state index in [0.29, 0.717) is 6.42 Å². The maximum absolute atomic E-state index is 9.00. The molecule has 0 aromatic rings. The largest absolute Gasteiger partial charge is 0.481 e. The van der Waals surface area contributed by atoms with Crippen LogP contribution in [0.15, 0.2) is 0 Å². The van der Waals surface area contributed by atoms with Crippen molar-refractivity contribution in [2.24, 2.45) is 0 Å². The van der Waals surface area contributed by atoms with Gasteiger partial charge in [-0.05, 0) is 48.0 Å². The number of aliphatic hydroxyl groups is 2. The molecule has 0 aliphatic carbocycles. The third-order valence-corrected chi connectivity index (χ3v) is 0.929. The molecule has 0 heterocycles. The average molecular weight is 266 g/mol. The van der Waals surface area contributed by atoms with E-state index in [0.717, 1.165) is 6.92 Å². The molecule has 0 aliphatic rings. The fourth-order valence-corrected chi connectivity index (χ4v) is 0.989. The highest BCUT2D eigenvalue weighted by Crippen LogP contribution is 2.17. The van der Waals surface area contributed by atoms with Crippen molar-refractivity contribution < 1.29 is 24.9 Å². The van der Waals surface area contributed by atoms with Crippen molar-refractivity contribution in [2.45, 2.75) is 66.1 Å². The van der Waals surface area contributed by atoms with Crippen LogP contribution in [0.5, 0.6) is 0 Å². The van der Waals surface area contributed by atoms with Crippen molar-refractivity contribution in [1.29, 1.82) is 0 Å². The van der Waals surface area contributed by atoms with E-state index in [-0.39, 0.29) is 24.4 Å². The average Bonchev–Trinajstić information content (AvgIpc) is 1.97. The summed E-state index contributed by atoms with van der Waals surface area (Å²) in [7, 11) is 0. The predicted octanol–water partition coefficient (Wildman–Crippen LogP) is 2.05. The number of carboxylic acid groups (broad SMARTS) is 1. The van der Waals surface area contributed by atoms with E-state index in [9.17, 15) is 0 Å². The molecule has 0 radical (unpaired) electrons. The Morgan fingerprint density at radius 2 is 1.17 bits per heavy atom. The third-order valence-electron chi connectivity index (χ3n) is 0.929. The van der Waals surface area contributed by atoms with Gasteiger partial charge in [0.25, 0.3) is 5.97 Å². The Morgan fingerprint density at radius 3 is 1.17 bits per heavy atom. The minimum atomic E-state index is -0.833. The first-order valence-corrected chi connectivity index (χ1v) is 5.97. The zero-order valence-corrected chi connectivity index (χ0v) is 12.8. The molecule has 0 saturated carbocycles. The lowest BCUT2D eigenvalue weighted by molar-refractivity contribution is -0.134. The molecule has 0 aromatic carbocycles. The Morgan fingerprint density at radius 1 is 0.944 bits per heavy atom. The van der Waals surface area contributed by atoms with Crippen molar-refractivity contribution in [1.82, 2.24) is 0 Å². The quantitative estimate of drug-likeness (QED) is 0.712. The summed E-state index contributed by atoms with van der Waals surface area (Å²) in [6.45, 7) is 13.7. The summed E-state index contributed by atoms with van der Waals surface area (Å²) in [5, 5.41) is 23.2. The number of carbonyl (C=O) groups is 1. The Kier molecular flexibility index (Phi) is 14.3. The molecular weight excluding hydrogens is 236 g/mol. The summed E-state index contributed by atoms with van der Waals surface area (Å²) in [4.78, 5) is 9.00. The van der Waals surface area contributed by atoms with Gasteiger partial charge in [-0.15, -0.1) is 0 Å². The summed E-state index contributed by atoms with van der Waals surface area (Å²) in [6.07, 6.45) is 0.500. The second-order valence-corrected chi connectivity index (χ2v) is 5.65. The molecule has 0 aliphatic heterocycles. The molecule has 0 unspecified atom stereocenters. The minimum absolute atomic E-state index is 0.0156. The van der Waals surface area contributed by atoms with E-state index in [1.807, 2.05) is 0 Å². The fourth-order valence-electron chi connectivity index (χ4n) is 0.989. The van der Waals surface area contributed by atoms with Crippen LogP contribution in [0.3, 0.4) is 0 Å². The van der Waals surface area contributed by atoms with Gasteiger partial charge in [-0.1, -0.05) is 0 Å². The zero-order chi connectivity index (χ0) is 15.4. The molecule has 0 saturated heterocycles. The van der Waals surface area contributed by atoms with Crippen LogP contribution in [0.4, 0.5) is 0 Å². The third kappa shape index (κ3) is 58.5. The molecule has 0 aromatic heterocycles. The first-order valence-electron chi connectivity index (χ1n) is 5.97. The number of carboxylic acids is 1. The van der Waals surface area contributed by atoms with E-state index in [1.165, 1.54) is 0 Å². The topological polar surface area (TPSA) is 87.0 Å². The van der Waals surface area contributed by atoms with Gasteiger partial charge >= 0.3 is 0 Å². The van der Waals surface area contributed by atoms with Crippen LogP contribution in [0, 0.1) is 0 Å². The Bertz CT molecular complexity index is 171. The molecule has 0 amide bonds. The van der Waals surface area contributed by atoms with Gasteiger partial charge in [0, 0.05) is 20.1 Å². The number of hydrogen-bond donors (Lipinski definition) is 3. The first kappa shape index (κ1) is 22.5. The zero-order valence-electron chi connectivity index (χ0n) is 12.8. The van der Waals surface area contributed by atoms with Crippen LogP contribution in [0.25, 0.3) is 0 Å². The monoisotopic (exact) mass is 266 g/mol. The molecule has 0 rings (SSSR count). The molecule has 5 heteroatoms. The molecule has 0 bridgehead atoms. The summed E-state index contributed by atoms with van der Waals surface area (Å²) < 4.78 is 5.62. The molecule has 112 valence electrons. The lowest BCUT2D eigenvalue weighted by Crippen LogP contribution is -2.31. The van der Waals surface area contributed by atoms with Crippen LogP contribution in [-0.4, -0.2) is 45.7 Å². The van der Waals surface area contributed by atoms with Crippen LogP contribution >= 0.6 is 0 Å². The maximum Gasteiger partial charge on any atom is 0.300 e. The van der Waals surface area contributed by atoms with Crippen molar-refractivity contribution in [3.8, 4) is 0 Å². The van der Waals surface area contributed by atoms with Crippen molar-refractivity contribution in [3.05, 3.63) is 0 Å².